The largest absolute Gasteiger partial charge is 0.395 e. The van der Waals surface area contributed by atoms with Crippen molar-refractivity contribution in [2.45, 2.75) is 26.2 Å². The van der Waals surface area contributed by atoms with Crippen molar-refractivity contribution in [2.75, 3.05) is 26.2 Å². The molecule has 1 aliphatic rings. The lowest BCUT2D eigenvalue weighted by molar-refractivity contribution is 0.175. The van der Waals surface area contributed by atoms with Gasteiger partial charge in [-0.3, -0.25) is 0 Å². The molecule has 0 radical (unpaired) electrons. The van der Waals surface area contributed by atoms with Gasteiger partial charge < -0.3 is 10.0 Å². The fourth-order valence-electron chi connectivity index (χ4n) is 1.70. The van der Waals surface area contributed by atoms with Crippen molar-refractivity contribution >= 4 is 0 Å². The van der Waals surface area contributed by atoms with Crippen LogP contribution in [0.25, 0.3) is 0 Å². The summed E-state index contributed by atoms with van der Waals surface area (Å²) in [7, 11) is 0. The van der Waals surface area contributed by atoms with E-state index in [2.05, 4.69) is 17.9 Å². The molecule has 13 heavy (non-hydrogen) atoms. The molecule has 0 spiro atoms. The van der Waals surface area contributed by atoms with Gasteiger partial charge in [0.15, 0.2) is 0 Å². The first kappa shape index (κ1) is 10.5. The average molecular weight is 182 g/mol. The van der Waals surface area contributed by atoms with E-state index in [1.807, 2.05) is 0 Å². The van der Waals surface area contributed by atoms with Crippen LogP contribution in [0.5, 0.6) is 0 Å². The minimum Gasteiger partial charge on any atom is -0.395 e. The molecule has 0 atom stereocenters. The molecule has 1 fully saturated rings. The van der Waals surface area contributed by atoms with E-state index in [4.69, 9.17) is 10.4 Å². The lowest BCUT2D eigenvalue weighted by Gasteiger charge is -2.23. The van der Waals surface area contributed by atoms with E-state index < -0.39 is 0 Å². The number of nitrogens with zero attached hydrogens (tertiary/aromatic N) is 2. The summed E-state index contributed by atoms with van der Waals surface area (Å²) in [5.41, 5.74) is 0.278. The van der Waals surface area contributed by atoms with Crippen LogP contribution in [0.1, 0.15) is 26.2 Å². The molecular weight excluding hydrogens is 164 g/mol. The summed E-state index contributed by atoms with van der Waals surface area (Å²) in [4.78, 5) is 2.23. The van der Waals surface area contributed by atoms with Gasteiger partial charge in [-0.25, -0.2) is 0 Å². The highest BCUT2D eigenvalue weighted by atomic mass is 16.3. The zero-order valence-corrected chi connectivity index (χ0v) is 8.29. The highest BCUT2D eigenvalue weighted by Gasteiger charge is 2.43. The molecule has 0 aromatic carbocycles. The average Bonchev–Trinajstić information content (AvgIpc) is 2.85. The topological polar surface area (TPSA) is 47.3 Å². The van der Waals surface area contributed by atoms with E-state index in [9.17, 15) is 0 Å². The lowest BCUT2D eigenvalue weighted by atomic mass is 10.0. The Morgan fingerprint density at radius 1 is 1.54 bits per heavy atom. The van der Waals surface area contributed by atoms with E-state index in [0.717, 1.165) is 19.6 Å². The van der Waals surface area contributed by atoms with Crippen molar-refractivity contribution in [3.05, 3.63) is 0 Å². The first-order chi connectivity index (χ1) is 6.26. The second-order valence-corrected chi connectivity index (χ2v) is 3.93. The molecule has 0 unspecified atom stereocenters. The smallest absolute Gasteiger partial charge is 0.0628 e. The third kappa shape index (κ3) is 2.98. The summed E-state index contributed by atoms with van der Waals surface area (Å²) >= 11 is 0. The van der Waals surface area contributed by atoms with Gasteiger partial charge in [-0.1, -0.05) is 6.92 Å². The monoisotopic (exact) mass is 182 g/mol. The molecule has 0 bridgehead atoms. The van der Waals surface area contributed by atoms with Crippen LogP contribution in [0, 0.1) is 16.7 Å². The van der Waals surface area contributed by atoms with Crippen LogP contribution in [-0.4, -0.2) is 36.2 Å². The Morgan fingerprint density at radius 3 is 2.62 bits per heavy atom. The molecule has 1 N–H and O–H groups in total. The summed E-state index contributed by atoms with van der Waals surface area (Å²) in [6.07, 6.45) is 3.04. The van der Waals surface area contributed by atoms with Gasteiger partial charge in [-0.15, -0.1) is 0 Å². The highest BCUT2D eigenvalue weighted by molar-refractivity contribution is 5.01. The minimum absolute atomic E-state index is 0.219. The number of aliphatic hydroxyl groups is 1. The van der Waals surface area contributed by atoms with Crippen molar-refractivity contribution in [1.29, 1.82) is 5.26 Å². The molecule has 0 aromatic heterocycles. The van der Waals surface area contributed by atoms with Crippen LogP contribution in [0.3, 0.4) is 0 Å². The summed E-state index contributed by atoms with van der Waals surface area (Å²) in [6, 6.07) is 2.25. The Labute approximate surface area is 80.0 Å². The van der Waals surface area contributed by atoms with Gasteiger partial charge in [0.1, 0.15) is 0 Å². The van der Waals surface area contributed by atoms with E-state index >= 15 is 0 Å². The summed E-state index contributed by atoms with van der Waals surface area (Å²) in [5.74, 6) is 0. The predicted octanol–water partition coefficient (Wildman–Crippen LogP) is 0.994. The van der Waals surface area contributed by atoms with Gasteiger partial charge in [0, 0.05) is 19.5 Å². The van der Waals surface area contributed by atoms with Gasteiger partial charge in [0.05, 0.1) is 12.7 Å². The first-order valence-corrected chi connectivity index (χ1v) is 4.96. The molecular formula is C10H18N2O. The third-order valence-corrected chi connectivity index (χ3v) is 2.83. The van der Waals surface area contributed by atoms with Crippen LogP contribution < -0.4 is 0 Å². The van der Waals surface area contributed by atoms with Crippen molar-refractivity contribution in [2.24, 2.45) is 5.41 Å². The Hall–Kier alpha value is -0.590. The number of hydrogen-bond donors (Lipinski definition) is 1. The molecule has 0 aliphatic heterocycles. The van der Waals surface area contributed by atoms with Crippen molar-refractivity contribution in [3.63, 3.8) is 0 Å². The summed E-state index contributed by atoms with van der Waals surface area (Å²) in [6.45, 7) is 5.00. The number of hydrogen-bond acceptors (Lipinski definition) is 3. The standard InChI is InChI=1S/C10H18N2O/c1-2-12(7-8-13)9-10(3-4-10)5-6-11/h13H,2-5,7-9H2,1H3. The van der Waals surface area contributed by atoms with E-state index in [-0.39, 0.29) is 12.0 Å². The maximum atomic E-state index is 8.81. The summed E-state index contributed by atoms with van der Waals surface area (Å²) in [5, 5.41) is 17.4. The second kappa shape index (κ2) is 4.59. The van der Waals surface area contributed by atoms with Crippen LogP contribution in [0.2, 0.25) is 0 Å². The van der Waals surface area contributed by atoms with E-state index in [1.165, 1.54) is 12.8 Å². The molecule has 1 aliphatic carbocycles. The maximum Gasteiger partial charge on any atom is 0.0628 e. The summed E-state index contributed by atoms with van der Waals surface area (Å²) < 4.78 is 0. The third-order valence-electron chi connectivity index (χ3n) is 2.83. The first-order valence-electron chi connectivity index (χ1n) is 4.96. The fraction of sp³-hybridized carbons (Fsp3) is 0.900. The van der Waals surface area contributed by atoms with Crippen LogP contribution in [0.4, 0.5) is 0 Å². The quantitative estimate of drug-likeness (QED) is 0.666. The minimum atomic E-state index is 0.219. The van der Waals surface area contributed by atoms with Crippen molar-refractivity contribution < 1.29 is 5.11 Å². The number of rotatable bonds is 6. The molecule has 1 rings (SSSR count). The number of aliphatic hydroxyl groups excluding tert-OH is 1. The van der Waals surface area contributed by atoms with E-state index in [0.29, 0.717) is 6.42 Å². The Balaban J connectivity index is 2.33. The van der Waals surface area contributed by atoms with Gasteiger partial charge in [-0.05, 0) is 24.8 Å². The Morgan fingerprint density at radius 2 is 2.23 bits per heavy atom. The Kier molecular flexibility index (Phi) is 3.71. The van der Waals surface area contributed by atoms with Crippen LogP contribution >= 0.6 is 0 Å². The molecule has 1 saturated carbocycles. The van der Waals surface area contributed by atoms with Gasteiger partial charge in [-0.2, -0.15) is 5.26 Å². The number of nitriles is 1. The SMILES string of the molecule is CCN(CCO)CC1(CC#N)CC1. The van der Waals surface area contributed by atoms with Crippen LogP contribution in [0.15, 0.2) is 0 Å². The molecule has 3 heteroatoms. The zero-order chi connectivity index (χ0) is 9.73. The maximum absolute atomic E-state index is 8.81. The van der Waals surface area contributed by atoms with Gasteiger partial charge in [0.25, 0.3) is 0 Å². The second-order valence-electron chi connectivity index (χ2n) is 3.93. The number of likely N-dealkylation sites (N-methyl/N-ethyl adjacent to an activating group) is 1. The normalized spacial score (nSPS) is 18.6. The Bertz CT molecular complexity index is 194. The fourth-order valence-corrected chi connectivity index (χ4v) is 1.70. The van der Waals surface area contributed by atoms with E-state index in [1.54, 1.807) is 0 Å². The molecule has 0 saturated heterocycles. The van der Waals surface area contributed by atoms with Crippen molar-refractivity contribution in [3.8, 4) is 6.07 Å². The molecule has 3 nitrogen and oxygen atoms in total. The predicted molar refractivity (Wildman–Crippen MR) is 51.1 cm³/mol. The molecule has 74 valence electrons. The van der Waals surface area contributed by atoms with Crippen molar-refractivity contribution in [1.82, 2.24) is 4.90 Å². The molecule has 0 aromatic rings. The van der Waals surface area contributed by atoms with Crippen LogP contribution in [-0.2, 0) is 0 Å². The van der Waals surface area contributed by atoms with Gasteiger partial charge >= 0.3 is 0 Å². The zero-order valence-electron chi connectivity index (χ0n) is 8.29. The highest BCUT2D eigenvalue weighted by Crippen LogP contribution is 2.48. The molecule has 0 amide bonds. The molecule has 0 heterocycles. The van der Waals surface area contributed by atoms with Gasteiger partial charge in [0.2, 0.25) is 0 Å². The lowest BCUT2D eigenvalue weighted by Crippen LogP contribution is -2.32.